The zero-order valence-electron chi connectivity index (χ0n) is 10.3. The van der Waals surface area contributed by atoms with Crippen LogP contribution in [0, 0.1) is 0 Å². The van der Waals surface area contributed by atoms with Crippen molar-refractivity contribution < 1.29 is 0 Å². The fraction of sp³-hybridized carbons (Fsp3) is 0.600. The maximum atomic E-state index is 3.62. The number of aryl methyl sites for hydroxylation is 1. The molecule has 0 amide bonds. The summed E-state index contributed by atoms with van der Waals surface area (Å²) in [6.45, 7) is 3.67. The molecule has 3 aliphatic rings. The van der Waals surface area contributed by atoms with E-state index in [9.17, 15) is 0 Å². The third kappa shape index (κ3) is 1.37. The van der Waals surface area contributed by atoms with Crippen LogP contribution < -0.4 is 10.2 Å². The zero-order valence-corrected chi connectivity index (χ0v) is 10.3. The van der Waals surface area contributed by atoms with E-state index in [0.29, 0.717) is 0 Å². The van der Waals surface area contributed by atoms with E-state index in [2.05, 4.69) is 28.4 Å². The molecule has 2 atom stereocenters. The van der Waals surface area contributed by atoms with Gasteiger partial charge in [-0.25, -0.2) is 0 Å². The smallest absolute Gasteiger partial charge is 0.0438 e. The number of hydrogen-bond acceptors (Lipinski definition) is 2. The highest BCUT2D eigenvalue weighted by Gasteiger charge is 2.40. The van der Waals surface area contributed by atoms with Gasteiger partial charge in [0.25, 0.3) is 0 Å². The summed E-state index contributed by atoms with van der Waals surface area (Å²) < 4.78 is 0. The Kier molecular flexibility index (Phi) is 2.19. The normalized spacial score (nSPS) is 30.7. The molecule has 0 aromatic heterocycles. The van der Waals surface area contributed by atoms with Crippen LogP contribution in [0.5, 0.6) is 0 Å². The molecule has 2 nitrogen and oxygen atoms in total. The van der Waals surface area contributed by atoms with Gasteiger partial charge in [0, 0.05) is 30.7 Å². The van der Waals surface area contributed by atoms with Gasteiger partial charge >= 0.3 is 0 Å². The van der Waals surface area contributed by atoms with E-state index in [4.69, 9.17) is 0 Å². The van der Waals surface area contributed by atoms with Crippen LogP contribution in [0.25, 0.3) is 0 Å². The lowest BCUT2D eigenvalue weighted by atomic mass is 9.92. The van der Waals surface area contributed by atoms with Gasteiger partial charge in [-0.3, -0.25) is 0 Å². The van der Waals surface area contributed by atoms with Gasteiger partial charge in [-0.1, -0.05) is 18.2 Å². The lowest BCUT2D eigenvalue weighted by Gasteiger charge is -2.33. The molecule has 3 aliphatic heterocycles. The highest BCUT2D eigenvalue weighted by molar-refractivity contribution is 5.68. The molecule has 90 valence electrons. The summed E-state index contributed by atoms with van der Waals surface area (Å²) >= 11 is 0. The molecule has 3 heterocycles. The third-order valence-corrected chi connectivity index (χ3v) is 4.77. The topological polar surface area (TPSA) is 15.3 Å². The van der Waals surface area contributed by atoms with E-state index in [1.54, 1.807) is 16.8 Å². The second kappa shape index (κ2) is 3.74. The second-order valence-electron chi connectivity index (χ2n) is 5.67. The molecule has 1 aromatic carbocycles. The van der Waals surface area contributed by atoms with Crippen molar-refractivity contribution in [2.24, 2.45) is 0 Å². The van der Waals surface area contributed by atoms with Crippen LogP contribution in [0.2, 0.25) is 0 Å². The minimum absolute atomic E-state index is 0.741. The van der Waals surface area contributed by atoms with E-state index in [-0.39, 0.29) is 0 Å². The highest BCUT2D eigenvalue weighted by Crippen LogP contribution is 2.47. The second-order valence-corrected chi connectivity index (χ2v) is 5.67. The van der Waals surface area contributed by atoms with E-state index in [1.165, 1.54) is 45.3 Å². The molecule has 0 saturated carbocycles. The molecular formula is C15H20N2. The average molecular weight is 228 g/mol. The van der Waals surface area contributed by atoms with Crippen molar-refractivity contribution in [1.29, 1.82) is 0 Å². The monoisotopic (exact) mass is 228 g/mol. The van der Waals surface area contributed by atoms with E-state index < -0.39 is 0 Å². The van der Waals surface area contributed by atoms with Crippen LogP contribution in [-0.4, -0.2) is 25.7 Å². The number of fused-ring (bicyclic) bond motifs is 3. The molecule has 0 spiro atoms. The van der Waals surface area contributed by atoms with Crippen LogP contribution in [0.4, 0.5) is 5.69 Å². The highest BCUT2D eigenvalue weighted by atomic mass is 15.2. The Labute approximate surface area is 103 Å². The first kappa shape index (κ1) is 9.95. The SMILES string of the molecule is c1cc2c3c(c1)C1CNCCCC1N3CCC2. The predicted molar refractivity (Wildman–Crippen MR) is 70.7 cm³/mol. The summed E-state index contributed by atoms with van der Waals surface area (Å²) in [5.41, 5.74) is 4.83. The average Bonchev–Trinajstić information content (AvgIpc) is 2.55. The maximum Gasteiger partial charge on any atom is 0.0438 e. The van der Waals surface area contributed by atoms with Gasteiger partial charge < -0.3 is 10.2 Å². The number of rotatable bonds is 0. The number of anilines is 1. The molecule has 2 heteroatoms. The predicted octanol–water partition coefficient (Wildman–Crippen LogP) is 2.29. The maximum absolute atomic E-state index is 3.62. The quantitative estimate of drug-likeness (QED) is 0.733. The van der Waals surface area contributed by atoms with E-state index >= 15 is 0 Å². The zero-order chi connectivity index (χ0) is 11.2. The van der Waals surface area contributed by atoms with Gasteiger partial charge in [0.05, 0.1) is 0 Å². The van der Waals surface area contributed by atoms with Crippen molar-refractivity contribution >= 4 is 5.69 Å². The molecule has 1 N–H and O–H groups in total. The lowest BCUT2D eigenvalue weighted by molar-refractivity contribution is 0.502. The van der Waals surface area contributed by atoms with Crippen LogP contribution in [0.1, 0.15) is 36.3 Å². The number of para-hydroxylation sites is 1. The van der Waals surface area contributed by atoms with E-state index in [0.717, 1.165) is 12.0 Å². The minimum Gasteiger partial charge on any atom is -0.367 e. The Hall–Kier alpha value is -1.02. The molecule has 4 rings (SSSR count). The lowest BCUT2D eigenvalue weighted by Crippen LogP contribution is -2.37. The summed E-state index contributed by atoms with van der Waals surface area (Å²) in [7, 11) is 0. The molecule has 0 bridgehead atoms. The van der Waals surface area contributed by atoms with Crippen LogP contribution in [-0.2, 0) is 6.42 Å². The van der Waals surface area contributed by atoms with Crippen molar-refractivity contribution in [3.05, 3.63) is 29.3 Å². The largest absolute Gasteiger partial charge is 0.367 e. The van der Waals surface area contributed by atoms with E-state index in [1.807, 2.05) is 0 Å². The first-order chi connectivity index (χ1) is 8.45. The Bertz CT molecular complexity index is 441. The van der Waals surface area contributed by atoms with Gasteiger partial charge in [-0.2, -0.15) is 0 Å². The first-order valence-corrected chi connectivity index (χ1v) is 7.04. The summed E-state index contributed by atoms with van der Waals surface area (Å²) in [5.74, 6) is 0.741. The van der Waals surface area contributed by atoms with Crippen LogP contribution in [0.15, 0.2) is 18.2 Å². The Morgan fingerprint density at radius 2 is 2.24 bits per heavy atom. The molecule has 0 radical (unpaired) electrons. The molecular weight excluding hydrogens is 208 g/mol. The summed E-state index contributed by atoms with van der Waals surface area (Å²) in [4.78, 5) is 2.73. The van der Waals surface area contributed by atoms with Gasteiger partial charge in [-0.15, -0.1) is 0 Å². The fourth-order valence-electron chi connectivity index (χ4n) is 4.07. The molecule has 1 aromatic rings. The number of nitrogens with zero attached hydrogens (tertiary/aromatic N) is 1. The number of hydrogen-bond donors (Lipinski definition) is 1. The Balaban J connectivity index is 1.85. The van der Waals surface area contributed by atoms with Gasteiger partial charge in [0.15, 0.2) is 0 Å². The standard InChI is InChI=1S/C15H20N2/c1-4-11-5-3-9-17-14-7-2-8-16-10-13(14)12(6-1)15(11)17/h1,4,6,13-14,16H,2-3,5,7-10H2. The first-order valence-electron chi connectivity index (χ1n) is 7.04. The third-order valence-electron chi connectivity index (χ3n) is 4.77. The van der Waals surface area contributed by atoms with Gasteiger partial charge in [-0.05, 0) is 43.4 Å². The number of nitrogens with one attached hydrogen (secondary N) is 1. The van der Waals surface area contributed by atoms with Gasteiger partial charge in [0.1, 0.15) is 0 Å². The van der Waals surface area contributed by atoms with Crippen molar-refractivity contribution in [1.82, 2.24) is 5.32 Å². The summed E-state index contributed by atoms with van der Waals surface area (Å²) in [5, 5.41) is 3.62. The molecule has 0 aliphatic carbocycles. The van der Waals surface area contributed by atoms with Crippen molar-refractivity contribution in [3.8, 4) is 0 Å². The molecule has 2 unspecified atom stereocenters. The fourth-order valence-corrected chi connectivity index (χ4v) is 4.07. The summed E-state index contributed by atoms with van der Waals surface area (Å²) in [6, 6.07) is 7.75. The Morgan fingerprint density at radius 1 is 1.24 bits per heavy atom. The molecule has 17 heavy (non-hydrogen) atoms. The summed E-state index contributed by atoms with van der Waals surface area (Å²) in [6.07, 6.45) is 5.33. The van der Waals surface area contributed by atoms with Crippen molar-refractivity contribution in [2.75, 3.05) is 24.5 Å². The van der Waals surface area contributed by atoms with Crippen molar-refractivity contribution in [2.45, 2.75) is 37.6 Å². The van der Waals surface area contributed by atoms with Gasteiger partial charge in [0.2, 0.25) is 0 Å². The Morgan fingerprint density at radius 3 is 3.24 bits per heavy atom. The van der Waals surface area contributed by atoms with Crippen molar-refractivity contribution in [3.63, 3.8) is 0 Å². The van der Waals surface area contributed by atoms with Crippen LogP contribution >= 0.6 is 0 Å². The number of benzene rings is 1. The van der Waals surface area contributed by atoms with Crippen LogP contribution in [0.3, 0.4) is 0 Å². The molecule has 1 fully saturated rings. The minimum atomic E-state index is 0.741. The molecule has 1 saturated heterocycles.